The van der Waals surface area contributed by atoms with Crippen LogP contribution >= 0.6 is 0 Å². The first-order chi connectivity index (χ1) is 10.1. The van der Waals surface area contributed by atoms with Gasteiger partial charge in [-0.15, -0.1) is 0 Å². The predicted molar refractivity (Wildman–Crippen MR) is 88.5 cm³/mol. The summed E-state index contributed by atoms with van der Waals surface area (Å²) in [6.07, 6.45) is 5.28. The van der Waals surface area contributed by atoms with Crippen LogP contribution in [0.1, 0.15) is 46.5 Å². The summed E-state index contributed by atoms with van der Waals surface area (Å²) in [6, 6.07) is 0. The number of piperidine rings is 2. The summed E-state index contributed by atoms with van der Waals surface area (Å²) in [4.78, 5) is 5.29. The monoisotopic (exact) mass is 297 g/mol. The van der Waals surface area contributed by atoms with Crippen LogP contribution in [0.15, 0.2) is 0 Å². The van der Waals surface area contributed by atoms with E-state index in [2.05, 4.69) is 30.6 Å². The van der Waals surface area contributed by atoms with E-state index in [1.165, 1.54) is 45.3 Å². The normalized spacial score (nSPS) is 25.6. The first kappa shape index (κ1) is 17.2. The number of rotatable bonds is 6. The quantitative estimate of drug-likeness (QED) is 0.813. The van der Waals surface area contributed by atoms with Gasteiger partial charge in [-0.25, -0.2) is 0 Å². The lowest BCUT2D eigenvalue weighted by Gasteiger charge is -2.50. The molecule has 0 spiro atoms. The maximum absolute atomic E-state index is 6.22. The maximum Gasteiger partial charge on any atom is 0.0599 e. The van der Waals surface area contributed by atoms with Crippen molar-refractivity contribution in [3.8, 4) is 0 Å². The fourth-order valence-corrected chi connectivity index (χ4v) is 4.05. The average molecular weight is 297 g/mol. The van der Waals surface area contributed by atoms with Gasteiger partial charge in [0.15, 0.2) is 0 Å². The molecule has 0 amide bonds. The second kappa shape index (κ2) is 7.91. The topological polar surface area (TPSA) is 41.7 Å². The first-order valence-electron chi connectivity index (χ1n) is 8.88. The maximum atomic E-state index is 6.22. The highest BCUT2D eigenvalue weighted by atomic mass is 16.5. The summed E-state index contributed by atoms with van der Waals surface area (Å²) >= 11 is 0. The molecule has 0 saturated carbocycles. The van der Waals surface area contributed by atoms with E-state index < -0.39 is 0 Å². The van der Waals surface area contributed by atoms with E-state index >= 15 is 0 Å². The van der Waals surface area contributed by atoms with Gasteiger partial charge < -0.3 is 15.4 Å². The van der Waals surface area contributed by atoms with Gasteiger partial charge in [0.25, 0.3) is 0 Å². The van der Waals surface area contributed by atoms with Crippen molar-refractivity contribution in [2.45, 2.75) is 58.1 Å². The van der Waals surface area contributed by atoms with Crippen LogP contribution in [0.4, 0.5) is 0 Å². The smallest absolute Gasteiger partial charge is 0.0599 e. The number of hydrogen-bond acceptors (Lipinski definition) is 4. The zero-order valence-corrected chi connectivity index (χ0v) is 14.3. The van der Waals surface area contributed by atoms with Crippen molar-refractivity contribution in [2.75, 3.05) is 45.9 Å². The molecule has 2 fully saturated rings. The third kappa shape index (κ3) is 4.41. The Kier molecular flexibility index (Phi) is 6.48. The van der Waals surface area contributed by atoms with E-state index in [9.17, 15) is 0 Å². The molecule has 0 aliphatic carbocycles. The van der Waals surface area contributed by atoms with Crippen molar-refractivity contribution in [3.63, 3.8) is 0 Å². The van der Waals surface area contributed by atoms with Gasteiger partial charge in [0.1, 0.15) is 0 Å². The molecule has 4 heteroatoms. The Morgan fingerprint density at radius 1 is 1.14 bits per heavy atom. The van der Waals surface area contributed by atoms with Gasteiger partial charge in [0.05, 0.1) is 6.10 Å². The van der Waals surface area contributed by atoms with E-state index in [0.29, 0.717) is 6.10 Å². The molecular weight excluding hydrogens is 262 g/mol. The fourth-order valence-electron chi connectivity index (χ4n) is 4.05. The summed E-state index contributed by atoms with van der Waals surface area (Å²) in [6.45, 7) is 14.3. The molecule has 21 heavy (non-hydrogen) atoms. The highest BCUT2D eigenvalue weighted by Gasteiger charge is 2.40. The summed E-state index contributed by atoms with van der Waals surface area (Å²) in [5.74, 6) is 0.761. The lowest BCUT2D eigenvalue weighted by atomic mass is 9.83. The van der Waals surface area contributed by atoms with Crippen LogP contribution in [-0.2, 0) is 4.74 Å². The van der Waals surface area contributed by atoms with Crippen molar-refractivity contribution < 1.29 is 4.74 Å². The minimum atomic E-state index is 0.255. The van der Waals surface area contributed by atoms with Gasteiger partial charge in [-0.3, -0.25) is 4.90 Å². The molecule has 4 nitrogen and oxygen atoms in total. The highest BCUT2D eigenvalue weighted by Crippen LogP contribution is 2.31. The Morgan fingerprint density at radius 2 is 1.76 bits per heavy atom. The van der Waals surface area contributed by atoms with Gasteiger partial charge in [0.2, 0.25) is 0 Å². The second-order valence-corrected chi connectivity index (χ2v) is 7.26. The van der Waals surface area contributed by atoms with Gasteiger partial charge in [0, 0.05) is 38.3 Å². The molecule has 0 aromatic heterocycles. The molecule has 2 saturated heterocycles. The van der Waals surface area contributed by atoms with Crippen molar-refractivity contribution in [1.29, 1.82) is 0 Å². The highest BCUT2D eigenvalue weighted by molar-refractivity contribution is 4.98. The fraction of sp³-hybridized carbons (Fsp3) is 1.00. The van der Waals surface area contributed by atoms with Crippen LogP contribution in [-0.4, -0.2) is 67.3 Å². The molecule has 0 aromatic carbocycles. The summed E-state index contributed by atoms with van der Waals surface area (Å²) in [7, 11) is 0. The molecule has 0 unspecified atom stereocenters. The minimum Gasteiger partial charge on any atom is -0.378 e. The lowest BCUT2D eigenvalue weighted by Crippen LogP contribution is -2.61. The Morgan fingerprint density at radius 3 is 2.24 bits per heavy atom. The van der Waals surface area contributed by atoms with E-state index in [-0.39, 0.29) is 5.54 Å². The third-order valence-electron chi connectivity index (χ3n) is 5.31. The number of likely N-dealkylation sites (tertiary alicyclic amines) is 2. The van der Waals surface area contributed by atoms with Crippen molar-refractivity contribution in [2.24, 2.45) is 11.7 Å². The van der Waals surface area contributed by atoms with E-state index in [4.69, 9.17) is 10.5 Å². The standard InChI is InChI=1S/C17H35N3O/c1-4-21-16-5-9-20(10-6-16)17(14-18)7-11-19(12-8-17)13-15(2)3/h15-16H,4-14,18H2,1-3H3. The Bertz CT molecular complexity index is 292. The van der Waals surface area contributed by atoms with Crippen LogP contribution in [0.5, 0.6) is 0 Å². The second-order valence-electron chi connectivity index (χ2n) is 7.26. The first-order valence-corrected chi connectivity index (χ1v) is 8.88. The van der Waals surface area contributed by atoms with Crippen molar-refractivity contribution in [1.82, 2.24) is 9.80 Å². The third-order valence-corrected chi connectivity index (χ3v) is 5.31. The molecule has 0 bridgehead atoms. The molecule has 2 rings (SSSR count). The van der Waals surface area contributed by atoms with Crippen LogP contribution < -0.4 is 5.73 Å². The summed E-state index contributed by atoms with van der Waals surface area (Å²) in [5.41, 5.74) is 6.47. The SMILES string of the molecule is CCOC1CCN(C2(CN)CCN(CC(C)C)CC2)CC1. The summed E-state index contributed by atoms with van der Waals surface area (Å²) in [5, 5.41) is 0. The lowest BCUT2D eigenvalue weighted by molar-refractivity contribution is -0.0380. The molecule has 2 aliphatic rings. The van der Waals surface area contributed by atoms with Gasteiger partial charge in [-0.1, -0.05) is 13.8 Å². The molecular formula is C17H35N3O. The van der Waals surface area contributed by atoms with Crippen molar-refractivity contribution >= 4 is 0 Å². The van der Waals surface area contributed by atoms with Gasteiger partial charge in [-0.05, 0) is 51.6 Å². The molecule has 0 atom stereocenters. The number of ether oxygens (including phenoxy) is 1. The zero-order valence-electron chi connectivity index (χ0n) is 14.3. The minimum absolute atomic E-state index is 0.255. The Balaban J connectivity index is 1.86. The van der Waals surface area contributed by atoms with Crippen LogP contribution in [0, 0.1) is 5.92 Å². The number of hydrogen-bond donors (Lipinski definition) is 1. The zero-order chi connectivity index (χ0) is 15.3. The molecule has 0 aromatic rings. The summed E-state index contributed by atoms with van der Waals surface area (Å²) < 4.78 is 5.78. The van der Waals surface area contributed by atoms with Crippen molar-refractivity contribution in [3.05, 3.63) is 0 Å². The van der Waals surface area contributed by atoms with Gasteiger partial charge in [-0.2, -0.15) is 0 Å². The number of nitrogens with zero attached hydrogens (tertiary/aromatic N) is 2. The molecule has 0 radical (unpaired) electrons. The van der Waals surface area contributed by atoms with E-state index in [1.54, 1.807) is 0 Å². The van der Waals surface area contributed by atoms with Crippen LogP contribution in [0.25, 0.3) is 0 Å². The Labute approximate surface area is 131 Å². The van der Waals surface area contributed by atoms with Gasteiger partial charge >= 0.3 is 0 Å². The van der Waals surface area contributed by atoms with E-state index in [1.807, 2.05) is 0 Å². The molecule has 2 heterocycles. The average Bonchev–Trinajstić information content (AvgIpc) is 2.49. The Hall–Kier alpha value is -0.160. The molecule has 124 valence electrons. The predicted octanol–water partition coefficient (Wildman–Crippen LogP) is 1.94. The van der Waals surface area contributed by atoms with E-state index in [0.717, 1.165) is 32.2 Å². The number of nitrogens with two attached hydrogens (primary N) is 1. The molecule has 2 N–H and O–H groups in total. The van der Waals surface area contributed by atoms with Crippen LogP contribution in [0.3, 0.4) is 0 Å². The molecule has 2 aliphatic heterocycles. The van der Waals surface area contributed by atoms with Crippen LogP contribution in [0.2, 0.25) is 0 Å². The largest absolute Gasteiger partial charge is 0.378 e.